The number of fused-ring (bicyclic) bond motifs is 1. The Balaban J connectivity index is 1.52. The summed E-state index contributed by atoms with van der Waals surface area (Å²) >= 11 is 0. The Morgan fingerprint density at radius 2 is 1.67 bits per heavy atom. The molecule has 1 fully saturated rings. The Morgan fingerprint density at radius 3 is 2.31 bits per heavy atom. The van der Waals surface area contributed by atoms with Gasteiger partial charge in [0.05, 0.1) is 27.9 Å². The predicted octanol–water partition coefficient (Wildman–Crippen LogP) is 6.06. The Kier molecular flexibility index (Phi) is 5.50. The third-order valence-electron chi connectivity index (χ3n) is 6.57. The Labute approximate surface area is 204 Å². The zero-order valence-electron chi connectivity index (χ0n) is 19.2. The van der Waals surface area contributed by atoms with Gasteiger partial charge in [-0.2, -0.15) is 13.2 Å². The summed E-state index contributed by atoms with van der Waals surface area (Å²) in [5.41, 5.74) is 1.17. The lowest BCUT2D eigenvalue weighted by molar-refractivity contribution is -0.137. The molecule has 3 aromatic carbocycles. The predicted molar refractivity (Wildman–Crippen MR) is 129 cm³/mol. The van der Waals surface area contributed by atoms with Gasteiger partial charge in [-0.1, -0.05) is 36.4 Å². The summed E-state index contributed by atoms with van der Waals surface area (Å²) in [5.74, 6) is -1.42. The van der Waals surface area contributed by atoms with Gasteiger partial charge in [0.15, 0.2) is 0 Å². The molecule has 0 atom stereocenters. The average Bonchev–Trinajstić information content (AvgIpc) is 3.58. The van der Waals surface area contributed by atoms with Crippen LogP contribution >= 0.6 is 0 Å². The topological polar surface area (TPSA) is 83.4 Å². The Hall–Kier alpha value is -4.27. The minimum atomic E-state index is -4.49. The van der Waals surface area contributed by atoms with Crippen molar-refractivity contribution in [1.29, 1.82) is 0 Å². The van der Waals surface area contributed by atoms with Gasteiger partial charge in [-0.05, 0) is 54.8 Å². The van der Waals surface area contributed by atoms with E-state index in [1.807, 2.05) is 12.1 Å². The maximum Gasteiger partial charge on any atom is 0.416 e. The zero-order valence-corrected chi connectivity index (χ0v) is 19.2. The molecule has 0 bridgehead atoms. The molecule has 36 heavy (non-hydrogen) atoms. The summed E-state index contributed by atoms with van der Waals surface area (Å²) in [6.45, 7) is 0. The fourth-order valence-electron chi connectivity index (χ4n) is 4.52. The molecule has 1 aromatic heterocycles. The number of nitrogens with zero attached hydrogens (tertiary/aromatic N) is 1. The van der Waals surface area contributed by atoms with E-state index in [0.29, 0.717) is 23.9 Å². The van der Waals surface area contributed by atoms with Crippen molar-refractivity contribution in [1.82, 2.24) is 9.88 Å². The number of carboxylic acid groups (broad SMARTS) is 1. The number of para-hydroxylation sites is 1. The van der Waals surface area contributed by atoms with E-state index >= 15 is 0 Å². The number of rotatable bonds is 6. The molecule has 1 heterocycles. The monoisotopic (exact) mass is 493 g/mol. The van der Waals surface area contributed by atoms with Crippen molar-refractivity contribution in [3.8, 4) is 0 Å². The van der Waals surface area contributed by atoms with Crippen LogP contribution in [0, 0.1) is 0 Å². The van der Waals surface area contributed by atoms with Crippen LogP contribution in [0.3, 0.4) is 0 Å². The van der Waals surface area contributed by atoms with Crippen LogP contribution in [0.2, 0.25) is 0 Å². The lowest BCUT2D eigenvalue weighted by Gasteiger charge is -2.20. The van der Waals surface area contributed by atoms with Crippen LogP contribution in [0.1, 0.15) is 44.8 Å². The van der Waals surface area contributed by atoms with Gasteiger partial charge in [-0.3, -0.25) is 4.79 Å². The molecule has 0 aliphatic heterocycles. The molecule has 3 N–H and O–H groups in total. The summed E-state index contributed by atoms with van der Waals surface area (Å²) in [4.78, 5) is 24.8. The molecular weight excluding hydrogens is 471 g/mol. The van der Waals surface area contributed by atoms with E-state index in [1.165, 1.54) is 24.3 Å². The Bertz CT molecular complexity index is 1490. The minimum absolute atomic E-state index is 0.155. The first-order valence-electron chi connectivity index (χ1n) is 11.3. The number of carboxylic acids is 1. The standard InChI is InChI=1S/C27H22F3N3O3/c1-33-21-8-3-2-7-20(21)22(31-19-6-4-5-18(15-19)27(28,29)30)23(33)24(34)32-26(13-14-26)17-11-9-16(10-12-17)25(35)36/h2-12,15,31H,13-14H2,1H3,(H,32,34)(H,35,36). The van der Waals surface area contributed by atoms with Crippen LogP contribution in [0.25, 0.3) is 10.9 Å². The van der Waals surface area contributed by atoms with Crippen LogP contribution in [-0.2, 0) is 18.8 Å². The summed E-state index contributed by atoms with van der Waals surface area (Å²) in [5, 5.41) is 16.0. The second kappa shape index (κ2) is 8.44. The SMILES string of the molecule is Cn1c(C(=O)NC2(c3ccc(C(=O)O)cc3)CC2)c(Nc2cccc(C(F)(F)F)c2)c2ccccc21. The highest BCUT2D eigenvalue weighted by atomic mass is 19.4. The maximum atomic E-state index is 13.6. The summed E-state index contributed by atoms with van der Waals surface area (Å²) in [6.07, 6.45) is -3.12. The first-order chi connectivity index (χ1) is 17.1. The number of hydrogen-bond acceptors (Lipinski definition) is 3. The van der Waals surface area contributed by atoms with Crippen molar-refractivity contribution in [3.63, 3.8) is 0 Å². The second-order valence-corrected chi connectivity index (χ2v) is 8.92. The van der Waals surface area contributed by atoms with Gasteiger partial charge in [0.2, 0.25) is 0 Å². The normalized spacial score (nSPS) is 14.4. The van der Waals surface area contributed by atoms with Crippen LogP contribution in [0.4, 0.5) is 24.5 Å². The number of carbonyl (C=O) groups is 2. The number of aryl methyl sites for hydroxylation is 1. The first-order valence-corrected chi connectivity index (χ1v) is 11.3. The van der Waals surface area contributed by atoms with E-state index in [9.17, 15) is 22.8 Å². The average molecular weight is 493 g/mol. The highest BCUT2D eigenvalue weighted by Crippen LogP contribution is 2.46. The number of hydrogen-bond donors (Lipinski definition) is 3. The van der Waals surface area contributed by atoms with Gasteiger partial charge in [0.1, 0.15) is 5.69 Å². The number of benzene rings is 3. The van der Waals surface area contributed by atoms with E-state index in [4.69, 9.17) is 5.11 Å². The van der Waals surface area contributed by atoms with E-state index in [0.717, 1.165) is 23.2 Å². The Morgan fingerprint density at radius 1 is 0.972 bits per heavy atom. The van der Waals surface area contributed by atoms with E-state index in [-0.39, 0.29) is 22.9 Å². The number of aromatic carboxylic acids is 1. The lowest BCUT2D eigenvalue weighted by atomic mass is 10.0. The molecule has 1 aliphatic rings. The van der Waals surface area contributed by atoms with E-state index in [2.05, 4.69) is 10.6 Å². The van der Waals surface area contributed by atoms with Gasteiger partial charge >= 0.3 is 12.1 Å². The first kappa shape index (κ1) is 23.5. The highest BCUT2D eigenvalue weighted by Gasteiger charge is 2.46. The lowest BCUT2D eigenvalue weighted by Crippen LogP contribution is -2.36. The van der Waals surface area contributed by atoms with E-state index < -0.39 is 23.2 Å². The second-order valence-electron chi connectivity index (χ2n) is 8.92. The molecule has 5 rings (SSSR count). The zero-order chi connectivity index (χ0) is 25.7. The van der Waals surface area contributed by atoms with Gasteiger partial charge < -0.3 is 20.3 Å². The van der Waals surface area contributed by atoms with Crippen LogP contribution in [0.5, 0.6) is 0 Å². The number of halogens is 3. The van der Waals surface area contributed by atoms with Crippen molar-refractivity contribution in [2.24, 2.45) is 7.05 Å². The van der Waals surface area contributed by atoms with Crippen LogP contribution in [-0.4, -0.2) is 21.6 Å². The van der Waals surface area contributed by atoms with Crippen molar-refractivity contribution >= 4 is 34.2 Å². The van der Waals surface area contributed by atoms with E-state index in [1.54, 1.807) is 35.9 Å². The number of alkyl halides is 3. The maximum absolute atomic E-state index is 13.6. The third-order valence-corrected chi connectivity index (χ3v) is 6.57. The largest absolute Gasteiger partial charge is 0.478 e. The van der Waals surface area contributed by atoms with Crippen LogP contribution < -0.4 is 10.6 Å². The van der Waals surface area contributed by atoms with Crippen molar-refractivity contribution < 1.29 is 27.9 Å². The molecule has 4 aromatic rings. The van der Waals surface area contributed by atoms with Crippen molar-refractivity contribution in [2.45, 2.75) is 24.6 Å². The minimum Gasteiger partial charge on any atom is -0.478 e. The van der Waals surface area contributed by atoms with Gasteiger partial charge in [0.25, 0.3) is 5.91 Å². The highest BCUT2D eigenvalue weighted by molar-refractivity contribution is 6.10. The molecule has 0 radical (unpaired) electrons. The number of nitrogens with one attached hydrogen (secondary N) is 2. The molecule has 0 spiro atoms. The molecular formula is C27H22F3N3O3. The van der Waals surface area contributed by atoms with Crippen molar-refractivity contribution in [3.05, 3.63) is 95.2 Å². The van der Waals surface area contributed by atoms with Crippen LogP contribution in [0.15, 0.2) is 72.8 Å². The molecule has 1 saturated carbocycles. The number of carbonyl (C=O) groups excluding carboxylic acids is 1. The molecule has 9 heteroatoms. The summed E-state index contributed by atoms with van der Waals surface area (Å²) in [6, 6.07) is 18.5. The molecule has 184 valence electrons. The molecule has 1 amide bonds. The number of aromatic nitrogens is 1. The van der Waals surface area contributed by atoms with Gasteiger partial charge in [-0.15, -0.1) is 0 Å². The smallest absolute Gasteiger partial charge is 0.416 e. The number of amides is 1. The molecule has 0 saturated heterocycles. The van der Waals surface area contributed by atoms with Crippen molar-refractivity contribution in [2.75, 3.05) is 5.32 Å². The van der Waals surface area contributed by atoms with Gasteiger partial charge in [-0.25, -0.2) is 4.79 Å². The summed E-state index contributed by atoms with van der Waals surface area (Å²) < 4.78 is 41.5. The fraction of sp³-hybridized carbons (Fsp3) is 0.185. The molecule has 1 aliphatic carbocycles. The molecule has 0 unspecified atom stereocenters. The van der Waals surface area contributed by atoms with Gasteiger partial charge in [0, 0.05) is 18.1 Å². The quantitative estimate of drug-likeness (QED) is 0.305. The summed E-state index contributed by atoms with van der Waals surface area (Å²) in [7, 11) is 1.73. The third kappa shape index (κ3) is 4.17. The number of anilines is 2. The molecule has 6 nitrogen and oxygen atoms in total. The fourth-order valence-corrected chi connectivity index (χ4v) is 4.52.